The zero-order valence-electron chi connectivity index (χ0n) is 15.5. The van der Waals surface area contributed by atoms with Crippen molar-refractivity contribution in [1.29, 1.82) is 0 Å². The average molecular weight is 379 g/mol. The molecule has 0 spiro atoms. The molecule has 1 aliphatic rings. The van der Waals surface area contributed by atoms with Gasteiger partial charge >= 0.3 is 5.97 Å². The molecule has 1 heterocycles. The Morgan fingerprint density at radius 3 is 2.59 bits per heavy atom. The summed E-state index contributed by atoms with van der Waals surface area (Å²) in [5.74, 6) is -1.11. The van der Waals surface area contributed by atoms with Crippen LogP contribution >= 0.6 is 0 Å². The molecule has 0 unspecified atom stereocenters. The zero-order chi connectivity index (χ0) is 20.0. The van der Waals surface area contributed by atoms with E-state index in [9.17, 15) is 19.7 Å². The Bertz CT molecular complexity index is 698. The van der Waals surface area contributed by atoms with Gasteiger partial charge in [0.05, 0.1) is 17.1 Å². The minimum absolute atomic E-state index is 0.0507. The Morgan fingerprint density at radius 2 is 2.00 bits per heavy atom. The molecule has 2 N–H and O–H groups in total. The monoisotopic (exact) mass is 379 g/mol. The van der Waals surface area contributed by atoms with Gasteiger partial charge in [-0.3, -0.25) is 14.9 Å². The van der Waals surface area contributed by atoms with E-state index in [0.717, 1.165) is 25.3 Å². The van der Waals surface area contributed by atoms with Crippen LogP contribution in [0.15, 0.2) is 18.2 Å². The largest absolute Gasteiger partial charge is 0.452 e. The molecule has 1 fully saturated rings. The van der Waals surface area contributed by atoms with E-state index in [1.807, 2.05) is 13.8 Å². The summed E-state index contributed by atoms with van der Waals surface area (Å²) >= 11 is 0. The number of esters is 1. The van der Waals surface area contributed by atoms with Crippen LogP contribution in [0.1, 0.15) is 43.5 Å². The van der Waals surface area contributed by atoms with Crippen molar-refractivity contribution in [3.8, 4) is 0 Å². The number of carbonyl (C=O) groups excluding carboxylic acids is 2. The van der Waals surface area contributed by atoms with E-state index in [0.29, 0.717) is 5.69 Å². The fraction of sp³-hybridized carbons (Fsp3) is 0.556. The Balaban J connectivity index is 2.10. The number of aliphatic hydroxyl groups excluding tert-OH is 1. The maximum absolute atomic E-state index is 12.5. The molecule has 1 saturated heterocycles. The molecule has 1 aromatic rings. The molecule has 0 bridgehead atoms. The maximum atomic E-state index is 12.5. The molecule has 148 valence electrons. The van der Waals surface area contributed by atoms with Crippen molar-refractivity contribution in [1.82, 2.24) is 4.90 Å². The molecule has 0 radical (unpaired) electrons. The lowest BCUT2D eigenvalue weighted by Gasteiger charge is -2.38. The summed E-state index contributed by atoms with van der Waals surface area (Å²) < 4.78 is 5.14. The van der Waals surface area contributed by atoms with Crippen LogP contribution in [-0.2, 0) is 9.53 Å². The summed E-state index contributed by atoms with van der Waals surface area (Å²) in [5, 5.41) is 22.7. The summed E-state index contributed by atoms with van der Waals surface area (Å²) in [5.41, 5.74) is -0.0156. The van der Waals surface area contributed by atoms with Crippen LogP contribution in [-0.4, -0.2) is 58.6 Å². The van der Waals surface area contributed by atoms with Crippen LogP contribution < -0.4 is 5.32 Å². The molecule has 1 aromatic carbocycles. The Hall–Kier alpha value is -2.68. The van der Waals surface area contributed by atoms with Crippen molar-refractivity contribution in [2.75, 3.05) is 25.1 Å². The van der Waals surface area contributed by atoms with Gasteiger partial charge in [-0.05, 0) is 39.2 Å². The molecule has 2 atom stereocenters. The maximum Gasteiger partial charge on any atom is 0.341 e. The number of rotatable bonds is 7. The molecule has 0 aromatic heterocycles. The van der Waals surface area contributed by atoms with Crippen LogP contribution in [0.2, 0.25) is 0 Å². The molecule has 1 amide bonds. The number of hydrogen-bond acceptors (Lipinski definition) is 7. The van der Waals surface area contributed by atoms with E-state index in [-0.39, 0.29) is 42.4 Å². The van der Waals surface area contributed by atoms with Crippen molar-refractivity contribution in [3.05, 3.63) is 33.9 Å². The van der Waals surface area contributed by atoms with Crippen LogP contribution in [0, 0.1) is 10.1 Å². The van der Waals surface area contributed by atoms with E-state index in [1.165, 1.54) is 12.1 Å². The second kappa shape index (κ2) is 9.31. The van der Waals surface area contributed by atoms with Crippen molar-refractivity contribution in [2.45, 2.75) is 45.2 Å². The number of nitro benzene ring substituents is 1. The second-order valence-electron chi connectivity index (χ2n) is 6.64. The van der Waals surface area contributed by atoms with E-state index < -0.39 is 17.5 Å². The highest BCUT2D eigenvalue weighted by atomic mass is 16.6. The van der Waals surface area contributed by atoms with Gasteiger partial charge in [0, 0.05) is 36.4 Å². The first-order valence-electron chi connectivity index (χ1n) is 8.96. The number of aliphatic hydroxyl groups is 1. The van der Waals surface area contributed by atoms with Gasteiger partial charge in [-0.2, -0.15) is 0 Å². The van der Waals surface area contributed by atoms with E-state index in [4.69, 9.17) is 9.84 Å². The van der Waals surface area contributed by atoms with Gasteiger partial charge in [0.2, 0.25) is 0 Å². The number of likely N-dealkylation sites (tertiary alicyclic amines) is 1. The molecular formula is C18H25N3O6. The number of piperidine rings is 1. The molecule has 9 heteroatoms. The van der Waals surface area contributed by atoms with Gasteiger partial charge < -0.3 is 20.1 Å². The summed E-state index contributed by atoms with van der Waals surface area (Å²) in [6, 6.07) is 3.89. The van der Waals surface area contributed by atoms with E-state index >= 15 is 0 Å². The smallest absolute Gasteiger partial charge is 0.341 e. The number of nitrogens with one attached hydrogen (secondary N) is 1. The number of benzene rings is 1. The van der Waals surface area contributed by atoms with Gasteiger partial charge in [-0.15, -0.1) is 0 Å². The number of nitro groups is 1. The van der Waals surface area contributed by atoms with Crippen LogP contribution in [0.25, 0.3) is 0 Å². The molecule has 9 nitrogen and oxygen atoms in total. The molecular weight excluding hydrogens is 354 g/mol. The number of non-ortho nitro benzene ring substituents is 1. The molecule has 2 rings (SSSR count). The predicted molar refractivity (Wildman–Crippen MR) is 98.6 cm³/mol. The molecule has 1 aliphatic heterocycles. The van der Waals surface area contributed by atoms with E-state index in [1.54, 1.807) is 4.90 Å². The van der Waals surface area contributed by atoms with Gasteiger partial charge in [-0.25, -0.2) is 4.79 Å². The predicted octanol–water partition coefficient (Wildman–Crippen LogP) is 1.95. The summed E-state index contributed by atoms with van der Waals surface area (Å²) in [7, 11) is 0. The Morgan fingerprint density at radius 1 is 1.33 bits per heavy atom. The normalized spacial score (nSPS) is 19.4. The number of hydrogen-bond donors (Lipinski definition) is 2. The summed E-state index contributed by atoms with van der Waals surface area (Å²) in [6.45, 7) is 3.50. The number of anilines is 1. The minimum Gasteiger partial charge on any atom is -0.452 e. The van der Waals surface area contributed by atoms with Gasteiger partial charge in [0.1, 0.15) is 0 Å². The lowest BCUT2D eigenvalue weighted by atomic mass is 9.97. The molecule has 27 heavy (non-hydrogen) atoms. The van der Waals surface area contributed by atoms with Crippen molar-refractivity contribution < 1.29 is 24.4 Å². The quantitative estimate of drug-likeness (QED) is 0.422. The number of nitrogens with zero attached hydrogens (tertiary/aromatic N) is 2. The van der Waals surface area contributed by atoms with Crippen molar-refractivity contribution in [2.24, 2.45) is 0 Å². The third-order valence-electron chi connectivity index (χ3n) is 4.67. The average Bonchev–Trinajstić information content (AvgIpc) is 2.64. The van der Waals surface area contributed by atoms with Crippen LogP contribution in [0.3, 0.4) is 0 Å². The summed E-state index contributed by atoms with van der Waals surface area (Å²) in [6.07, 6.45) is 2.87. The zero-order valence-corrected chi connectivity index (χ0v) is 15.5. The van der Waals surface area contributed by atoms with Crippen LogP contribution in [0.4, 0.5) is 11.4 Å². The highest BCUT2D eigenvalue weighted by Gasteiger charge is 2.29. The highest BCUT2D eigenvalue weighted by molar-refractivity contribution is 5.97. The van der Waals surface area contributed by atoms with Crippen LogP contribution in [0.5, 0.6) is 0 Å². The lowest BCUT2D eigenvalue weighted by Crippen LogP contribution is -2.49. The Kier molecular flexibility index (Phi) is 7.12. The minimum atomic E-state index is -0.829. The standard InChI is InChI=1S/C18H25N3O6/c1-12-4-3-5-13(2)20(12)17(23)11-27-18(24)15-10-14(21(25)26)6-7-16(15)19-8-9-22/h6-7,10,12-13,19,22H,3-5,8-9,11H2,1-2H3/t12-,13-/m1/s1. The highest BCUT2D eigenvalue weighted by Crippen LogP contribution is 2.24. The van der Waals surface area contributed by atoms with E-state index in [2.05, 4.69) is 5.32 Å². The lowest BCUT2D eigenvalue weighted by molar-refractivity contribution is -0.384. The van der Waals surface area contributed by atoms with Gasteiger partial charge in [0.25, 0.3) is 11.6 Å². The van der Waals surface area contributed by atoms with Gasteiger partial charge in [-0.1, -0.05) is 0 Å². The van der Waals surface area contributed by atoms with Gasteiger partial charge in [0.15, 0.2) is 6.61 Å². The number of ether oxygens (including phenoxy) is 1. The third-order valence-corrected chi connectivity index (χ3v) is 4.67. The first kappa shape index (κ1) is 20.6. The first-order chi connectivity index (χ1) is 12.8. The fourth-order valence-electron chi connectivity index (χ4n) is 3.35. The SMILES string of the molecule is C[C@@H]1CCC[C@@H](C)N1C(=O)COC(=O)c1cc([N+](=O)[O-])ccc1NCCO. The summed E-state index contributed by atoms with van der Waals surface area (Å²) in [4.78, 5) is 37.0. The topological polar surface area (TPSA) is 122 Å². The molecule has 0 aliphatic carbocycles. The third kappa shape index (κ3) is 5.16. The van der Waals surface area contributed by atoms with Crippen molar-refractivity contribution >= 4 is 23.3 Å². The fourth-order valence-corrected chi connectivity index (χ4v) is 3.35. The second-order valence-corrected chi connectivity index (χ2v) is 6.64. The molecule has 0 saturated carbocycles. The van der Waals surface area contributed by atoms with Crippen molar-refractivity contribution in [3.63, 3.8) is 0 Å². The first-order valence-corrected chi connectivity index (χ1v) is 8.96. The number of carbonyl (C=O) groups is 2. The number of amides is 1. The Labute approximate surface area is 157 Å².